The number of aromatic nitrogens is 2. The van der Waals surface area contributed by atoms with Crippen molar-refractivity contribution in [3.63, 3.8) is 0 Å². The van der Waals surface area contributed by atoms with E-state index in [1.165, 1.54) is 5.56 Å². The summed E-state index contributed by atoms with van der Waals surface area (Å²) in [7, 11) is 0. The van der Waals surface area contributed by atoms with Crippen molar-refractivity contribution in [3.8, 4) is 0 Å². The third-order valence-electron chi connectivity index (χ3n) is 6.39. The van der Waals surface area contributed by atoms with Crippen molar-refractivity contribution in [2.24, 2.45) is 0 Å². The zero-order valence-electron chi connectivity index (χ0n) is 22.7. The van der Waals surface area contributed by atoms with E-state index in [4.69, 9.17) is 9.47 Å². The number of carbonyl (C=O) groups is 2. The maximum atomic E-state index is 12.3. The molecule has 4 rings (SSSR count). The molecule has 0 saturated carbocycles. The second-order valence-electron chi connectivity index (χ2n) is 10.9. The lowest BCUT2D eigenvalue weighted by atomic mass is 10.1. The highest BCUT2D eigenvalue weighted by Gasteiger charge is 2.30. The summed E-state index contributed by atoms with van der Waals surface area (Å²) < 4.78 is 10.7. The molecule has 0 bridgehead atoms. The number of benzene rings is 1. The molecule has 10 nitrogen and oxygen atoms in total. The van der Waals surface area contributed by atoms with Gasteiger partial charge < -0.3 is 19.7 Å². The molecule has 1 atom stereocenters. The van der Waals surface area contributed by atoms with Gasteiger partial charge in [0.1, 0.15) is 18.0 Å². The van der Waals surface area contributed by atoms with Gasteiger partial charge in [0.05, 0.1) is 11.6 Å². The number of rotatable bonds is 6. The fourth-order valence-corrected chi connectivity index (χ4v) is 4.39. The van der Waals surface area contributed by atoms with Crippen LogP contribution >= 0.6 is 0 Å². The molecule has 2 aliphatic rings. The third-order valence-corrected chi connectivity index (χ3v) is 6.39. The maximum Gasteiger partial charge on any atom is 0.416 e. The summed E-state index contributed by atoms with van der Waals surface area (Å²) in [5, 5.41) is 3.35. The van der Waals surface area contributed by atoms with Crippen molar-refractivity contribution in [3.05, 3.63) is 47.2 Å². The topological polar surface area (TPSA) is 100 Å². The van der Waals surface area contributed by atoms with Crippen LogP contribution in [0.5, 0.6) is 0 Å². The molecule has 0 radical (unpaired) electrons. The predicted molar refractivity (Wildman–Crippen MR) is 141 cm³/mol. The molecular weight excluding hydrogens is 472 g/mol. The number of nitrogens with zero attached hydrogens (tertiary/aromatic N) is 5. The zero-order valence-corrected chi connectivity index (χ0v) is 22.7. The molecule has 37 heavy (non-hydrogen) atoms. The van der Waals surface area contributed by atoms with Crippen LogP contribution in [-0.4, -0.2) is 69.8 Å². The number of anilines is 2. The number of hydrogen-bond acceptors (Lipinski definition) is 8. The minimum atomic E-state index is -0.476. The van der Waals surface area contributed by atoms with Crippen LogP contribution in [0.1, 0.15) is 64.3 Å². The molecule has 200 valence electrons. The molecular formula is C27H38N6O4. The van der Waals surface area contributed by atoms with Crippen LogP contribution in [0, 0.1) is 0 Å². The van der Waals surface area contributed by atoms with Gasteiger partial charge >= 0.3 is 12.2 Å². The largest absolute Gasteiger partial charge is 0.444 e. The Hall–Kier alpha value is -3.40. The van der Waals surface area contributed by atoms with E-state index in [1.54, 1.807) is 16.0 Å². The minimum absolute atomic E-state index is 0.0208. The second-order valence-corrected chi connectivity index (χ2v) is 10.9. The van der Waals surface area contributed by atoms with Crippen LogP contribution in [0.2, 0.25) is 0 Å². The minimum Gasteiger partial charge on any atom is -0.444 e. The van der Waals surface area contributed by atoms with Crippen LogP contribution in [0.4, 0.5) is 21.4 Å². The number of carbonyl (C=O) groups excluding carboxylic acids is 2. The average molecular weight is 511 g/mol. The van der Waals surface area contributed by atoms with E-state index in [9.17, 15) is 9.59 Å². The summed E-state index contributed by atoms with van der Waals surface area (Å²) in [5.41, 5.74) is 2.65. The molecule has 1 saturated heterocycles. The number of piperazine rings is 1. The summed E-state index contributed by atoms with van der Waals surface area (Å²) >= 11 is 0. The van der Waals surface area contributed by atoms with E-state index >= 15 is 0 Å². The molecule has 2 aromatic rings. The average Bonchev–Trinajstić information content (AvgIpc) is 2.83. The van der Waals surface area contributed by atoms with Gasteiger partial charge in [0.25, 0.3) is 0 Å². The second kappa shape index (κ2) is 10.9. The Morgan fingerprint density at radius 3 is 2.41 bits per heavy atom. The van der Waals surface area contributed by atoms with E-state index in [2.05, 4.69) is 51.4 Å². The number of ether oxygens (including phenoxy) is 2. The number of cyclic esters (lactones) is 1. The van der Waals surface area contributed by atoms with Crippen molar-refractivity contribution in [2.75, 3.05) is 36.4 Å². The molecule has 1 aromatic heterocycles. The molecule has 1 unspecified atom stereocenters. The quantitative estimate of drug-likeness (QED) is 0.603. The van der Waals surface area contributed by atoms with Crippen molar-refractivity contribution in [2.45, 2.75) is 72.4 Å². The molecule has 1 N–H and O–H groups in total. The Bertz CT molecular complexity index is 1110. The highest BCUT2D eigenvalue weighted by molar-refractivity contribution is 5.89. The van der Waals surface area contributed by atoms with Crippen LogP contribution in [0.25, 0.3) is 0 Å². The summed E-state index contributed by atoms with van der Waals surface area (Å²) in [6, 6.07) is 8.41. The van der Waals surface area contributed by atoms with Crippen molar-refractivity contribution in [1.29, 1.82) is 0 Å². The smallest absolute Gasteiger partial charge is 0.416 e. The summed E-state index contributed by atoms with van der Waals surface area (Å²) in [6.07, 6.45) is 1.09. The van der Waals surface area contributed by atoms with Gasteiger partial charge in [0.15, 0.2) is 0 Å². The Morgan fingerprint density at radius 2 is 1.78 bits per heavy atom. The summed E-state index contributed by atoms with van der Waals surface area (Å²) in [6.45, 7) is 15.6. The van der Waals surface area contributed by atoms with Gasteiger partial charge in [-0.2, -0.15) is 4.98 Å². The molecule has 10 heteroatoms. The molecule has 0 spiro atoms. The number of fused-ring (bicyclic) bond motifs is 1. The lowest BCUT2D eigenvalue weighted by Crippen LogP contribution is -2.49. The van der Waals surface area contributed by atoms with Crippen molar-refractivity contribution >= 4 is 24.0 Å². The first-order chi connectivity index (χ1) is 17.5. The predicted octanol–water partition coefficient (Wildman–Crippen LogP) is 4.57. The monoisotopic (exact) mass is 510 g/mol. The molecule has 2 amide bonds. The lowest BCUT2D eigenvalue weighted by Gasteiger charge is -2.35. The van der Waals surface area contributed by atoms with E-state index < -0.39 is 5.60 Å². The Morgan fingerprint density at radius 1 is 1.11 bits per heavy atom. The van der Waals surface area contributed by atoms with Gasteiger partial charge in [-0.15, -0.1) is 0 Å². The normalized spacial score (nSPS) is 17.3. The fraction of sp³-hybridized carbons (Fsp3) is 0.556. The number of nitrogens with one attached hydrogen (secondary N) is 1. The first-order valence-electron chi connectivity index (χ1n) is 12.9. The Labute approximate surface area is 218 Å². The van der Waals surface area contributed by atoms with E-state index in [-0.39, 0.29) is 30.9 Å². The van der Waals surface area contributed by atoms with Gasteiger partial charge in [-0.05, 0) is 52.7 Å². The van der Waals surface area contributed by atoms with Crippen molar-refractivity contribution < 1.29 is 19.1 Å². The SMILES string of the molecule is CC(Nc1ncc2c(n1)N(C(C)C)C(=O)OC2)c1ccc(CN2CCN(C(=O)OC(C)(C)C)CC2)cc1. The van der Waals surface area contributed by atoms with Gasteiger partial charge in [-0.25, -0.2) is 14.6 Å². The molecule has 1 aromatic carbocycles. The fourth-order valence-electron chi connectivity index (χ4n) is 4.39. The van der Waals surface area contributed by atoms with Gasteiger partial charge in [-0.1, -0.05) is 24.3 Å². The Kier molecular flexibility index (Phi) is 7.87. The van der Waals surface area contributed by atoms with E-state index in [0.29, 0.717) is 24.9 Å². The van der Waals surface area contributed by atoms with Crippen LogP contribution in [-0.2, 0) is 22.6 Å². The molecule has 3 heterocycles. The van der Waals surface area contributed by atoms with Crippen LogP contribution in [0.3, 0.4) is 0 Å². The maximum absolute atomic E-state index is 12.3. The molecule has 1 fully saturated rings. The number of amides is 2. The van der Waals surface area contributed by atoms with E-state index in [0.717, 1.165) is 30.8 Å². The van der Waals surface area contributed by atoms with Gasteiger partial charge in [0, 0.05) is 45.0 Å². The first-order valence-corrected chi connectivity index (χ1v) is 12.9. The van der Waals surface area contributed by atoms with Crippen LogP contribution in [0.15, 0.2) is 30.5 Å². The highest BCUT2D eigenvalue weighted by Crippen LogP contribution is 2.28. The summed E-state index contributed by atoms with van der Waals surface area (Å²) in [4.78, 5) is 39.2. The molecule has 2 aliphatic heterocycles. The van der Waals surface area contributed by atoms with Crippen LogP contribution < -0.4 is 10.2 Å². The van der Waals surface area contributed by atoms with Crippen molar-refractivity contribution in [1.82, 2.24) is 19.8 Å². The number of hydrogen-bond donors (Lipinski definition) is 1. The van der Waals surface area contributed by atoms with Gasteiger partial charge in [-0.3, -0.25) is 9.80 Å². The lowest BCUT2D eigenvalue weighted by molar-refractivity contribution is 0.0139. The third kappa shape index (κ3) is 6.68. The highest BCUT2D eigenvalue weighted by atomic mass is 16.6. The zero-order chi connectivity index (χ0) is 26.7. The van der Waals surface area contributed by atoms with Gasteiger partial charge in [0.2, 0.25) is 5.95 Å². The molecule has 0 aliphatic carbocycles. The Balaban J connectivity index is 1.32. The summed E-state index contributed by atoms with van der Waals surface area (Å²) in [5.74, 6) is 1.07. The first kappa shape index (κ1) is 26.7. The standard InChI is InChI=1S/C27H38N6O4/c1-18(2)33-23-22(17-36-26(33)35)15-28-24(30-23)29-19(3)21-9-7-20(8-10-21)16-31-11-13-32(14-12-31)25(34)37-27(4,5)6/h7-10,15,18-19H,11-14,16-17H2,1-6H3,(H,28,29,30). The van der Waals surface area contributed by atoms with E-state index in [1.807, 2.05) is 34.6 Å².